The van der Waals surface area contributed by atoms with Crippen LogP contribution in [0.3, 0.4) is 0 Å². The Hall–Kier alpha value is -2.10. The fourth-order valence-corrected chi connectivity index (χ4v) is 1.52. The van der Waals surface area contributed by atoms with Gasteiger partial charge in [0.25, 0.3) is 0 Å². The molecule has 88 valence electrons. The van der Waals surface area contributed by atoms with Crippen LogP contribution in [0.2, 0.25) is 0 Å². The van der Waals surface area contributed by atoms with Gasteiger partial charge in [0.15, 0.2) is 0 Å². The Morgan fingerprint density at radius 2 is 2.12 bits per heavy atom. The van der Waals surface area contributed by atoms with Gasteiger partial charge in [-0.05, 0) is 31.5 Å². The summed E-state index contributed by atoms with van der Waals surface area (Å²) in [7, 11) is 0. The fraction of sp³-hybridized carbons (Fsp3) is 0.231. The molecule has 1 aromatic carbocycles. The highest BCUT2D eigenvalue weighted by Gasteiger charge is 2.02. The maximum absolute atomic E-state index is 10.9. The molecule has 1 heterocycles. The third-order valence-corrected chi connectivity index (χ3v) is 2.21. The molecular formula is C13H14N2O2. The van der Waals surface area contributed by atoms with Gasteiger partial charge in [0.2, 0.25) is 0 Å². The van der Waals surface area contributed by atoms with Crippen molar-refractivity contribution in [3.05, 3.63) is 47.1 Å². The number of hydrogen-bond acceptors (Lipinski definition) is 3. The largest absolute Gasteiger partial charge is 0.491 e. The van der Waals surface area contributed by atoms with E-state index in [1.54, 1.807) is 12.4 Å². The predicted molar refractivity (Wildman–Crippen MR) is 66.1 cm³/mol. The van der Waals surface area contributed by atoms with Crippen LogP contribution in [0.1, 0.15) is 13.8 Å². The molecule has 0 saturated heterocycles. The second kappa shape index (κ2) is 4.82. The number of aromatic amines is 1. The lowest BCUT2D eigenvalue weighted by molar-refractivity contribution is 0.242. The van der Waals surface area contributed by atoms with Crippen molar-refractivity contribution in [1.29, 1.82) is 0 Å². The number of rotatable bonds is 3. The van der Waals surface area contributed by atoms with Crippen LogP contribution < -0.4 is 10.4 Å². The minimum absolute atomic E-state index is 0.138. The van der Waals surface area contributed by atoms with Crippen molar-refractivity contribution < 1.29 is 4.74 Å². The van der Waals surface area contributed by atoms with Crippen molar-refractivity contribution in [2.45, 2.75) is 20.0 Å². The molecule has 1 aromatic heterocycles. The molecule has 17 heavy (non-hydrogen) atoms. The van der Waals surface area contributed by atoms with E-state index in [2.05, 4.69) is 9.97 Å². The topological polar surface area (TPSA) is 55.0 Å². The van der Waals surface area contributed by atoms with E-state index in [-0.39, 0.29) is 11.8 Å². The van der Waals surface area contributed by atoms with Crippen LogP contribution in [-0.4, -0.2) is 16.1 Å². The van der Waals surface area contributed by atoms with Gasteiger partial charge in [0.05, 0.1) is 6.10 Å². The van der Waals surface area contributed by atoms with E-state index >= 15 is 0 Å². The van der Waals surface area contributed by atoms with Crippen molar-refractivity contribution in [3.8, 4) is 16.9 Å². The van der Waals surface area contributed by atoms with Gasteiger partial charge in [-0.3, -0.25) is 0 Å². The van der Waals surface area contributed by atoms with Gasteiger partial charge in [0, 0.05) is 18.0 Å². The Balaban J connectivity index is 2.32. The van der Waals surface area contributed by atoms with E-state index in [1.807, 2.05) is 38.1 Å². The molecule has 0 radical (unpaired) electrons. The molecule has 1 N–H and O–H groups in total. The summed E-state index contributed by atoms with van der Waals surface area (Å²) >= 11 is 0. The third-order valence-electron chi connectivity index (χ3n) is 2.21. The Morgan fingerprint density at radius 1 is 1.29 bits per heavy atom. The van der Waals surface area contributed by atoms with Gasteiger partial charge >= 0.3 is 5.69 Å². The zero-order valence-corrected chi connectivity index (χ0v) is 9.81. The Morgan fingerprint density at radius 3 is 2.76 bits per heavy atom. The second-order valence-corrected chi connectivity index (χ2v) is 4.00. The average molecular weight is 230 g/mol. The summed E-state index contributed by atoms with van der Waals surface area (Å²) in [4.78, 5) is 17.1. The van der Waals surface area contributed by atoms with Crippen molar-refractivity contribution in [3.63, 3.8) is 0 Å². The van der Waals surface area contributed by atoms with Crippen molar-refractivity contribution in [2.24, 2.45) is 0 Å². The van der Waals surface area contributed by atoms with Gasteiger partial charge in [0.1, 0.15) is 5.75 Å². The molecule has 0 saturated carbocycles. The summed E-state index contributed by atoms with van der Waals surface area (Å²) in [5.41, 5.74) is 1.48. The highest BCUT2D eigenvalue weighted by molar-refractivity contribution is 5.63. The van der Waals surface area contributed by atoms with Crippen LogP contribution in [0.25, 0.3) is 11.1 Å². The van der Waals surface area contributed by atoms with Gasteiger partial charge in [-0.25, -0.2) is 9.78 Å². The number of ether oxygens (including phenoxy) is 1. The number of H-pyrrole nitrogens is 1. The minimum Gasteiger partial charge on any atom is -0.491 e. The molecule has 0 atom stereocenters. The first-order chi connectivity index (χ1) is 8.15. The normalized spacial score (nSPS) is 10.5. The van der Waals surface area contributed by atoms with Gasteiger partial charge in [-0.2, -0.15) is 0 Å². The lowest BCUT2D eigenvalue weighted by Gasteiger charge is -2.10. The molecule has 0 aliphatic rings. The summed E-state index contributed by atoms with van der Waals surface area (Å²) in [5, 5.41) is 0. The SMILES string of the molecule is CC(C)Oc1cccc(-c2cnc(=O)[nH]c2)c1. The molecule has 0 amide bonds. The molecule has 0 fully saturated rings. The highest BCUT2D eigenvalue weighted by atomic mass is 16.5. The number of nitrogens with one attached hydrogen (secondary N) is 1. The van der Waals surface area contributed by atoms with Gasteiger partial charge in [-0.15, -0.1) is 0 Å². The minimum atomic E-state index is -0.344. The smallest absolute Gasteiger partial charge is 0.344 e. The van der Waals surface area contributed by atoms with E-state index < -0.39 is 0 Å². The summed E-state index contributed by atoms with van der Waals surface area (Å²) in [6.07, 6.45) is 3.33. The summed E-state index contributed by atoms with van der Waals surface area (Å²) < 4.78 is 5.61. The molecule has 0 aliphatic carbocycles. The van der Waals surface area contributed by atoms with E-state index in [0.717, 1.165) is 16.9 Å². The number of aromatic nitrogens is 2. The van der Waals surface area contributed by atoms with Crippen LogP contribution in [0.4, 0.5) is 0 Å². The third kappa shape index (κ3) is 2.93. The molecule has 2 aromatic rings. The van der Waals surface area contributed by atoms with Crippen LogP contribution in [0, 0.1) is 0 Å². The molecule has 2 rings (SSSR count). The standard InChI is InChI=1S/C13H14N2O2/c1-9(2)17-12-5-3-4-10(6-12)11-7-14-13(16)15-8-11/h3-9H,1-2H3,(H,14,15,16). The predicted octanol–water partition coefficient (Wildman–Crippen LogP) is 2.22. The van der Waals surface area contributed by atoms with Gasteiger partial charge in [-0.1, -0.05) is 12.1 Å². The summed E-state index contributed by atoms with van der Waals surface area (Å²) in [5.74, 6) is 0.809. The van der Waals surface area contributed by atoms with Gasteiger partial charge < -0.3 is 9.72 Å². The first-order valence-corrected chi connectivity index (χ1v) is 5.47. The molecule has 0 bridgehead atoms. The van der Waals surface area contributed by atoms with Crippen molar-refractivity contribution in [2.75, 3.05) is 0 Å². The van der Waals surface area contributed by atoms with E-state index in [4.69, 9.17) is 4.74 Å². The number of hydrogen-bond donors (Lipinski definition) is 1. The van der Waals surface area contributed by atoms with Crippen LogP contribution in [0.15, 0.2) is 41.5 Å². The van der Waals surface area contributed by atoms with Crippen molar-refractivity contribution in [1.82, 2.24) is 9.97 Å². The molecular weight excluding hydrogens is 216 g/mol. The number of nitrogens with zero attached hydrogens (tertiary/aromatic N) is 1. The highest BCUT2D eigenvalue weighted by Crippen LogP contribution is 2.22. The molecule has 0 unspecified atom stereocenters. The maximum atomic E-state index is 10.9. The zero-order chi connectivity index (χ0) is 12.3. The lowest BCUT2D eigenvalue weighted by atomic mass is 10.1. The quantitative estimate of drug-likeness (QED) is 0.879. The summed E-state index contributed by atoms with van der Waals surface area (Å²) in [6.45, 7) is 3.96. The van der Waals surface area contributed by atoms with Crippen molar-refractivity contribution >= 4 is 0 Å². The number of benzene rings is 1. The fourth-order valence-electron chi connectivity index (χ4n) is 1.52. The Labute approximate surface area is 99.3 Å². The van der Waals surface area contributed by atoms with E-state index in [0.29, 0.717) is 0 Å². The molecule has 4 nitrogen and oxygen atoms in total. The van der Waals surface area contributed by atoms with Crippen LogP contribution in [0.5, 0.6) is 5.75 Å². The molecule has 4 heteroatoms. The second-order valence-electron chi connectivity index (χ2n) is 4.00. The molecule has 0 spiro atoms. The average Bonchev–Trinajstić information content (AvgIpc) is 2.29. The van der Waals surface area contributed by atoms with E-state index in [1.165, 1.54) is 0 Å². The first-order valence-electron chi connectivity index (χ1n) is 5.47. The Kier molecular flexibility index (Phi) is 3.23. The van der Waals surface area contributed by atoms with E-state index in [9.17, 15) is 4.79 Å². The summed E-state index contributed by atoms with van der Waals surface area (Å²) in [6, 6.07) is 7.69. The monoisotopic (exact) mass is 230 g/mol. The molecule has 0 aliphatic heterocycles. The maximum Gasteiger partial charge on any atom is 0.344 e. The van der Waals surface area contributed by atoms with Crippen LogP contribution in [-0.2, 0) is 0 Å². The first kappa shape index (κ1) is 11.4. The lowest BCUT2D eigenvalue weighted by Crippen LogP contribution is -2.08. The van der Waals surface area contributed by atoms with Crippen LogP contribution >= 0.6 is 0 Å². The zero-order valence-electron chi connectivity index (χ0n) is 9.81. The Bertz CT molecular complexity index is 541.